The zero-order chi connectivity index (χ0) is 16.5. The number of carbonyl (C=O) groups is 3. The van der Waals surface area contributed by atoms with Crippen molar-refractivity contribution in [3.8, 4) is 11.5 Å². The first-order valence-electron chi connectivity index (χ1n) is 6.48. The van der Waals surface area contributed by atoms with Crippen molar-refractivity contribution in [1.82, 2.24) is 10.6 Å². The third-order valence-electron chi connectivity index (χ3n) is 2.55. The van der Waals surface area contributed by atoms with Crippen molar-refractivity contribution < 1.29 is 28.6 Å². The van der Waals surface area contributed by atoms with Gasteiger partial charge in [-0.1, -0.05) is 0 Å². The minimum absolute atomic E-state index is 0.118. The largest absolute Gasteiger partial charge is 0.497 e. The van der Waals surface area contributed by atoms with Crippen LogP contribution in [-0.4, -0.2) is 45.3 Å². The molecule has 8 heteroatoms. The Morgan fingerprint density at radius 1 is 1.14 bits per heavy atom. The SMILES string of the molecule is CCNC(=O)NC(=O)COC(=O)c1cc(OC)ccc1OC. The molecular formula is C14H18N2O6. The summed E-state index contributed by atoms with van der Waals surface area (Å²) in [6, 6.07) is 3.95. The molecule has 1 aromatic rings. The summed E-state index contributed by atoms with van der Waals surface area (Å²) in [6.07, 6.45) is 0. The number of urea groups is 1. The molecule has 22 heavy (non-hydrogen) atoms. The highest BCUT2D eigenvalue weighted by Gasteiger charge is 2.17. The number of rotatable bonds is 6. The van der Waals surface area contributed by atoms with Crippen LogP contribution in [0.5, 0.6) is 11.5 Å². The summed E-state index contributed by atoms with van der Waals surface area (Å²) in [5.74, 6) is -0.766. The van der Waals surface area contributed by atoms with Gasteiger partial charge in [0.05, 0.1) is 14.2 Å². The standard InChI is InChI=1S/C14H18N2O6/c1-4-15-14(19)16-12(17)8-22-13(18)10-7-9(20-2)5-6-11(10)21-3/h5-7H,4,8H2,1-3H3,(H2,15,16,17,19). The van der Waals surface area contributed by atoms with E-state index in [-0.39, 0.29) is 11.3 Å². The Morgan fingerprint density at radius 3 is 2.45 bits per heavy atom. The van der Waals surface area contributed by atoms with Crippen LogP contribution < -0.4 is 20.1 Å². The summed E-state index contributed by atoms with van der Waals surface area (Å²) in [4.78, 5) is 34.5. The van der Waals surface area contributed by atoms with Crippen molar-refractivity contribution in [1.29, 1.82) is 0 Å². The van der Waals surface area contributed by atoms with E-state index in [9.17, 15) is 14.4 Å². The molecule has 0 atom stereocenters. The molecule has 0 radical (unpaired) electrons. The van der Waals surface area contributed by atoms with Crippen LogP contribution in [0.15, 0.2) is 18.2 Å². The van der Waals surface area contributed by atoms with E-state index in [1.165, 1.54) is 20.3 Å². The zero-order valence-corrected chi connectivity index (χ0v) is 12.6. The lowest BCUT2D eigenvalue weighted by molar-refractivity contribution is -0.123. The summed E-state index contributed by atoms with van der Waals surface area (Å²) in [6.45, 7) is 1.50. The van der Waals surface area contributed by atoms with E-state index in [2.05, 4.69) is 5.32 Å². The predicted molar refractivity (Wildman–Crippen MR) is 77.0 cm³/mol. The number of hydrogen-bond donors (Lipinski definition) is 2. The molecule has 0 aliphatic carbocycles. The average Bonchev–Trinajstić information content (AvgIpc) is 2.52. The number of methoxy groups -OCH3 is 2. The third-order valence-corrected chi connectivity index (χ3v) is 2.55. The molecule has 0 aliphatic rings. The molecule has 2 N–H and O–H groups in total. The second-order valence-corrected chi connectivity index (χ2v) is 4.05. The minimum Gasteiger partial charge on any atom is -0.497 e. The number of ether oxygens (including phenoxy) is 3. The molecule has 3 amide bonds. The van der Waals surface area contributed by atoms with Crippen molar-refractivity contribution in [3.63, 3.8) is 0 Å². The lowest BCUT2D eigenvalue weighted by Gasteiger charge is -2.10. The van der Waals surface area contributed by atoms with Crippen LogP contribution in [0.4, 0.5) is 4.79 Å². The number of carbonyl (C=O) groups excluding carboxylic acids is 3. The highest BCUT2D eigenvalue weighted by molar-refractivity contribution is 5.98. The van der Waals surface area contributed by atoms with Gasteiger partial charge in [0.15, 0.2) is 6.61 Å². The van der Waals surface area contributed by atoms with Crippen LogP contribution in [-0.2, 0) is 9.53 Å². The van der Waals surface area contributed by atoms with Gasteiger partial charge in [-0.15, -0.1) is 0 Å². The van der Waals surface area contributed by atoms with Crippen molar-refractivity contribution in [2.24, 2.45) is 0 Å². The minimum atomic E-state index is -0.762. The number of amides is 3. The van der Waals surface area contributed by atoms with Crippen molar-refractivity contribution in [3.05, 3.63) is 23.8 Å². The van der Waals surface area contributed by atoms with Gasteiger partial charge >= 0.3 is 12.0 Å². The third kappa shape index (κ3) is 4.97. The Morgan fingerprint density at radius 2 is 1.86 bits per heavy atom. The molecule has 0 heterocycles. The first-order chi connectivity index (χ1) is 10.5. The molecule has 0 unspecified atom stereocenters. The van der Waals surface area contributed by atoms with Crippen LogP contribution in [0.25, 0.3) is 0 Å². The second kappa shape index (κ2) is 8.50. The number of benzene rings is 1. The molecule has 0 spiro atoms. The van der Waals surface area contributed by atoms with Gasteiger partial charge in [0.25, 0.3) is 5.91 Å². The van der Waals surface area contributed by atoms with Gasteiger partial charge in [-0.25, -0.2) is 9.59 Å². The molecule has 0 aliphatic heterocycles. The smallest absolute Gasteiger partial charge is 0.342 e. The molecular weight excluding hydrogens is 292 g/mol. The van der Waals surface area contributed by atoms with E-state index in [4.69, 9.17) is 14.2 Å². The Balaban J connectivity index is 2.65. The van der Waals surface area contributed by atoms with Crippen LogP contribution >= 0.6 is 0 Å². The zero-order valence-electron chi connectivity index (χ0n) is 12.6. The van der Waals surface area contributed by atoms with E-state index >= 15 is 0 Å². The van der Waals surface area contributed by atoms with Gasteiger partial charge in [0.2, 0.25) is 0 Å². The monoisotopic (exact) mass is 310 g/mol. The van der Waals surface area contributed by atoms with Gasteiger partial charge in [0, 0.05) is 6.54 Å². The molecule has 120 valence electrons. The average molecular weight is 310 g/mol. The molecule has 0 aromatic heterocycles. The van der Waals surface area contributed by atoms with E-state index in [1.807, 2.05) is 5.32 Å². The highest BCUT2D eigenvalue weighted by Crippen LogP contribution is 2.24. The first-order valence-corrected chi connectivity index (χ1v) is 6.48. The molecule has 0 saturated carbocycles. The normalized spacial score (nSPS) is 9.59. The number of nitrogens with one attached hydrogen (secondary N) is 2. The summed E-state index contributed by atoms with van der Waals surface area (Å²) in [5.41, 5.74) is 0.118. The first kappa shape index (κ1) is 17.3. The second-order valence-electron chi connectivity index (χ2n) is 4.05. The maximum absolute atomic E-state index is 12.0. The van der Waals surface area contributed by atoms with Gasteiger partial charge in [-0.3, -0.25) is 10.1 Å². The fraction of sp³-hybridized carbons (Fsp3) is 0.357. The predicted octanol–water partition coefficient (Wildman–Crippen LogP) is 0.706. The Hall–Kier alpha value is -2.77. The lowest BCUT2D eigenvalue weighted by Crippen LogP contribution is -2.41. The van der Waals surface area contributed by atoms with Crippen LogP contribution in [0.3, 0.4) is 0 Å². The summed E-state index contributed by atoms with van der Waals surface area (Å²) >= 11 is 0. The van der Waals surface area contributed by atoms with Crippen molar-refractivity contribution >= 4 is 17.9 Å². The van der Waals surface area contributed by atoms with Crippen molar-refractivity contribution in [2.75, 3.05) is 27.4 Å². The van der Waals surface area contributed by atoms with Gasteiger partial charge in [-0.05, 0) is 25.1 Å². The fourth-order valence-electron chi connectivity index (χ4n) is 1.55. The van der Waals surface area contributed by atoms with Crippen LogP contribution in [0.1, 0.15) is 17.3 Å². The van der Waals surface area contributed by atoms with E-state index in [0.717, 1.165) is 0 Å². The molecule has 0 fully saturated rings. The summed E-state index contributed by atoms with van der Waals surface area (Å²) < 4.78 is 14.9. The van der Waals surface area contributed by atoms with Gasteiger partial charge in [0.1, 0.15) is 17.1 Å². The Bertz CT molecular complexity index is 558. The van der Waals surface area contributed by atoms with Gasteiger partial charge < -0.3 is 19.5 Å². The maximum Gasteiger partial charge on any atom is 0.342 e. The fourth-order valence-corrected chi connectivity index (χ4v) is 1.55. The maximum atomic E-state index is 12.0. The molecule has 0 bridgehead atoms. The van der Waals surface area contributed by atoms with E-state index < -0.39 is 24.5 Å². The number of hydrogen-bond acceptors (Lipinski definition) is 6. The van der Waals surface area contributed by atoms with Crippen molar-refractivity contribution in [2.45, 2.75) is 6.92 Å². The van der Waals surface area contributed by atoms with Crippen LogP contribution in [0.2, 0.25) is 0 Å². The molecule has 1 aromatic carbocycles. The summed E-state index contributed by atoms with van der Waals surface area (Å²) in [5, 5.41) is 4.40. The van der Waals surface area contributed by atoms with Gasteiger partial charge in [-0.2, -0.15) is 0 Å². The number of esters is 1. The molecule has 1 rings (SSSR count). The number of imide groups is 1. The Labute approximate surface area is 127 Å². The summed E-state index contributed by atoms with van der Waals surface area (Å²) in [7, 11) is 2.86. The molecule has 8 nitrogen and oxygen atoms in total. The highest BCUT2D eigenvalue weighted by atomic mass is 16.5. The van der Waals surface area contributed by atoms with E-state index in [1.54, 1.807) is 19.1 Å². The van der Waals surface area contributed by atoms with Crippen LogP contribution in [0, 0.1) is 0 Å². The quantitative estimate of drug-likeness (QED) is 0.750. The topological polar surface area (TPSA) is 103 Å². The van der Waals surface area contributed by atoms with E-state index in [0.29, 0.717) is 12.3 Å². The lowest BCUT2D eigenvalue weighted by atomic mass is 10.2. The molecule has 0 saturated heterocycles. The Kier molecular flexibility index (Phi) is 6.68.